The van der Waals surface area contributed by atoms with Crippen molar-refractivity contribution in [2.45, 2.75) is 19.4 Å². The van der Waals surface area contributed by atoms with Gasteiger partial charge in [0.05, 0.1) is 6.10 Å². The lowest BCUT2D eigenvalue weighted by atomic mass is 9.96. The molecule has 1 saturated heterocycles. The van der Waals surface area contributed by atoms with Gasteiger partial charge in [-0.15, -0.1) is 0 Å². The summed E-state index contributed by atoms with van der Waals surface area (Å²) < 4.78 is 14.3. The first-order valence-corrected chi connectivity index (χ1v) is 6.11. The van der Waals surface area contributed by atoms with Gasteiger partial charge in [0.2, 0.25) is 0 Å². The van der Waals surface area contributed by atoms with Gasteiger partial charge in [0.15, 0.2) is 11.6 Å². The summed E-state index contributed by atoms with van der Waals surface area (Å²) in [7, 11) is 0. The maximum absolute atomic E-state index is 13.6. The van der Waals surface area contributed by atoms with Crippen molar-refractivity contribution in [3.05, 3.63) is 22.6 Å². The Balaban J connectivity index is 2.18. The van der Waals surface area contributed by atoms with E-state index in [-0.39, 0.29) is 11.7 Å². The Labute approximate surface area is 102 Å². The summed E-state index contributed by atoms with van der Waals surface area (Å²) in [6, 6.07) is 1.40. The van der Waals surface area contributed by atoms with Crippen LogP contribution >= 0.6 is 15.9 Å². The van der Waals surface area contributed by atoms with Gasteiger partial charge in [-0.05, 0) is 34.3 Å². The van der Waals surface area contributed by atoms with Crippen LogP contribution in [0.25, 0.3) is 0 Å². The van der Waals surface area contributed by atoms with Crippen LogP contribution in [0.15, 0.2) is 16.7 Å². The molecule has 0 amide bonds. The maximum Gasteiger partial charge on any atom is 0.166 e. The molecule has 1 fully saturated rings. The molecule has 5 heteroatoms. The van der Waals surface area contributed by atoms with Gasteiger partial charge in [-0.2, -0.15) is 0 Å². The van der Waals surface area contributed by atoms with Crippen LogP contribution in [0.4, 0.5) is 10.2 Å². The number of pyridine rings is 1. The second-order valence-corrected chi connectivity index (χ2v) is 5.15. The van der Waals surface area contributed by atoms with E-state index in [9.17, 15) is 9.50 Å². The number of β-amino-alcohol motifs (C(OH)–C–C–N with tert-alkyl or cyclic N) is 1. The minimum absolute atomic E-state index is 0.273. The number of aromatic nitrogens is 1. The van der Waals surface area contributed by atoms with E-state index in [2.05, 4.69) is 20.9 Å². The quantitative estimate of drug-likeness (QED) is 0.861. The highest BCUT2D eigenvalue weighted by atomic mass is 79.9. The van der Waals surface area contributed by atoms with Crippen molar-refractivity contribution in [3.8, 4) is 0 Å². The van der Waals surface area contributed by atoms with Gasteiger partial charge in [0.1, 0.15) is 0 Å². The molecule has 1 aromatic heterocycles. The number of aliphatic hydroxyl groups is 1. The molecular formula is C11H14BrFN2O. The maximum atomic E-state index is 13.6. The first-order valence-electron chi connectivity index (χ1n) is 5.32. The fourth-order valence-corrected chi connectivity index (χ4v) is 2.18. The molecule has 88 valence electrons. The minimum Gasteiger partial charge on any atom is -0.391 e. The molecule has 0 aliphatic carbocycles. The number of piperidine rings is 1. The Bertz CT molecular complexity index is 388. The Morgan fingerprint density at radius 2 is 2.38 bits per heavy atom. The normalized spacial score (nSPS) is 25.9. The molecule has 2 heterocycles. The molecular weight excluding hydrogens is 275 g/mol. The summed E-state index contributed by atoms with van der Waals surface area (Å²) in [4.78, 5) is 5.85. The molecule has 0 aromatic carbocycles. The lowest BCUT2D eigenvalue weighted by Crippen LogP contribution is -2.43. The number of nitrogens with zero attached hydrogens (tertiary/aromatic N) is 2. The molecule has 1 N–H and O–H groups in total. The lowest BCUT2D eigenvalue weighted by molar-refractivity contribution is 0.102. The van der Waals surface area contributed by atoms with Crippen molar-refractivity contribution in [1.82, 2.24) is 4.98 Å². The fourth-order valence-electron chi connectivity index (χ4n) is 1.88. The van der Waals surface area contributed by atoms with Crippen LogP contribution in [-0.2, 0) is 0 Å². The predicted molar refractivity (Wildman–Crippen MR) is 63.9 cm³/mol. The molecule has 0 spiro atoms. The Hall–Kier alpha value is -0.680. The van der Waals surface area contributed by atoms with Gasteiger partial charge in [-0.3, -0.25) is 0 Å². The zero-order valence-electron chi connectivity index (χ0n) is 9.03. The van der Waals surface area contributed by atoms with Crippen LogP contribution in [0.5, 0.6) is 0 Å². The van der Waals surface area contributed by atoms with Crippen LogP contribution < -0.4 is 4.90 Å². The number of halogens is 2. The third kappa shape index (κ3) is 2.35. The summed E-state index contributed by atoms with van der Waals surface area (Å²) in [6.07, 6.45) is 2.03. The topological polar surface area (TPSA) is 36.4 Å². The Morgan fingerprint density at radius 1 is 1.62 bits per heavy atom. The first-order chi connectivity index (χ1) is 7.58. The number of anilines is 1. The third-order valence-electron chi connectivity index (χ3n) is 3.01. The van der Waals surface area contributed by atoms with E-state index in [4.69, 9.17) is 0 Å². The van der Waals surface area contributed by atoms with E-state index in [0.717, 1.165) is 13.0 Å². The Kier molecular flexibility index (Phi) is 3.44. The van der Waals surface area contributed by atoms with Crippen LogP contribution in [0.1, 0.15) is 13.3 Å². The van der Waals surface area contributed by atoms with E-state index >= 15 is 0 Å². The summed E-state index contributed by atoms with van der Waals surface area (Å²) in [5.74, 6) is 0.250. The van der Waals surface area contributed by atoms with Crippen LogP contribution in [0.3, 0.4) is 0 Å². The van der Waals surface area contributed by atoms with Gasteiger partial charge in [0.25, 0.3) is 0 Å². The Morgan fingerprint density at radius 3 is 3.00 bits per heavy atom. The van der Waals surface area contributed by atoms with E-state index in [1.807, 2.05) is 6.92 Å². The molecule has 2 rings (SSSR count). The smallest absolute Gasteiger partial charge is 0.166 e. The largest absolute Gasteiger partial charge is 0.391 e. The van der Waals surface area contributed by atoms with Crippen molar-refractivity contribution in [1.29, 1.82) is 0 Å². The van der Waals surface area contributed by atoms with E-state index in [0.29, 0.717) is 16.8 Å². The number of aliphatic hydroxyl groups excluding tert-OH is 1. The van der Waals surface area contributed by atoms with Crippen LogP contribution in [-0.4, -0.2) is 29.3 Å². The second kappa shape index (κ2) is 4.67. The van der Waals surface area contributed by atoms with Crippen molar-refractivity contribution in [2.24, 2.45) is 5.92 Å². The van der Waals surface area contributed by atoms with E-state index in [1.165, 1.54) is 6.07 Å². The van der Waals surface area contributed by atoms with Crippen LogP contribution in [0, 0.1) is 11.7 Å². The zero-order chi connectivity index (χ0) is 11.7. The molecule has 0 saturated carbocycles. The summed E-state index contributed by atoms with van der Waals surface area (Å²) in [5.41, 5.74) is 0. The van der Waals surface area contributed by atoms with Crippen molar-refractivity contribution < 1.29 is 9.50 Å². The molecule has 0 radical (unpaired) electrons. The van der Waals surface area contributed by atoms with Gasteiger partial charge >= 0.3 is 0 Å². The SMILES string of the molecule is CC1CCN(c2ncc(Br)cc2F)CC1O. The average Bonchev–Trinajstić information content (AvgIpc) is 2.22. The molecule has 1 aliphatic heterocycles. The summed E-state index contributed by atoms with van der Waals surface area (Å²) >= 11 is 3.17. The van der Waals surface area contributed by atoms with Gasteiger partial charge in [-0.25, -0.2) is 9.37 Å². The number of hydrogen-bond donors (Lipinski definition) is 1. The minimum atomic E-state index is -0.404. The standard InChI is InChI=1S/C11H14BrFN2O/c1-7-2-3-15(6-10(7)16)11-9(13)4-8(12)5-14-11/h4-5,7,10,16H,2-3,6H2,1H3. The number of hydrogen-bond acceptors (Lipinski definition) is 3. The van der Waals surface area contributed by atoms with Gasteiger partial charge in [-0.1, -0.05) is 6.92 Å². The highest BCUT2D eigenvalue weighted by Crippen LogP contribution is 2.25. The molecule has 16 heavy (non-hydrogen) atoms. The monoisotopic (exact) mass is 288 g/mol. The highest BCUT2D eigenvalue weighted by Gasteiger charge is 2.26. The van der Waals surface area contributed by atoms with Crippen molar-refractivity contribution >= 4 is 21.7 Å². The predicted octanol–water partition coefficient (Wildman–Crippen LogP) is 2.19. The van der Waals surface area contributed by atoms with E-state index < -0.39 is 6.10 Å². The molecule has 3 nitrogen and oxygen atoms in total. The van der Waals surface area contributed by atoms with Crippen molar-refractivity contribution in [2.75, 3.05) is 18.0 Å². The summed E-state index contributed by atoms with van der Waals surface area (Å²) in [6.45, 7) is 3.20. The highest BCUT2D eigenvalue weighted by molar-refractivity contribution is 9.10. The molecule has 2 atom stereocenters. The molecule has 1 aromatic rings. The first kappa shape index (κ1) is 11.8. The average molecular weight is 289 g/mol. The molecule has 1 aliphatic rings. The van der Waals surface area contributed by atoms with Gasteiger partial charge in [0, 0.05) is 23.8 Å². The number of rotatable bonds is 1. The molecule has 0 bridgehead atoms. The van der Waals surface area contributed by atoms with Crippen molar-refractivity contribution in [3.63, 3.8) is 0 Å². The summed E-state index contributed by atoms with van der Waals surface area (Å²) in [5, 5.41) is 9.75. The van der Waals surface area contributed by atoms with Crippen LogP contribution in [0.2, 0.25) is 0 Å². The lowest BCUT2D eigenvalue weighted by Gasteiger charge is -2.35. The third-order valence-corrected chi connectivity index (χ3v) is 3.44. The second-order valence-electron chi connectivity index (χ2n) is 4.24. The van der Waals surface area contributed by atoms with Gasteiger partial charge < -0.3 is 10.0 Å². The zero-order valence-corrected chi connectivity index (χ0v) is 10.6. The fraction of sp³-hybridized carbons (Fsp3) is 0.545. The van der Waals surface area contributed by atoms with E-state index in [1.54, 1.807) is 11.1 Å². The molecule has 2 unspecified atom stereocenters.